The summed E-state index contributed by atoms with van der Waals surface area (Å²) >= 11 is 0. The molecule has 11 heavy (non-hydrogen) atoms. The van der Waals surface area contributed by atoms with Crippen LogP contribution in [0.1, 0.15) is 26.7 Å². The maximum Gasteiger partial charge on any atom is 0.0862 e. The summed E-state index contributed by atoms with van der Waals surface area (Å²) in [7, 11) is 0. The van der Waals surface area contributed by atoms with Crippen molar-refractivity contribution in [3.8, 4) is 0 Å². The molecule has 0 aliphatic rings. The van der Waals surface area contributed by atoms with Gasteiger partial charge in [-0.05, 0) is 13.3 Å². The molecule has 64 valence electrons. The molecule has 0 aromatic heterocycles. The van der Waals surface area contributed by atoms with E-state index in [4.69, 9.17) is 10.1 Å². The van der Waals surface area contributed by atoms with Gasteiger partial charge < -0.3 is 4.74 Å². The molecule has 3 heteroatoms. The number of rotatable bonds is 6. The van der Waals surface area contributed by atoms with E-state index >= 15 is 0 Å². The largest absolute Gasteiger partial charge is 0.377 e. The molecule has 0 rings (SSSR count). The topological polar surface area (TPSA) is 45.4 Å². The molecule has 0 aromatic carbocycles. The van der Waals surface area contributed by atoms with Gasteiger partial charge in [0.1, 0.15) is 0 Å². The van der Waals surface area contributed by atoms with Crippen molar-refractivity contribution in [2.24, 2.45) is 4.99 Å². The van der Waals surface area contributed by atoms with E-state index in [9.17, 15) is 0 Å². The Hall–Kier alpha value is -0.660. The fourth-order valence-electron chi connectivity index (χ4n) is 0.932. The van der Waals surface area contributed by atoms with Gasteiger partial charge in [0.15, 0.2) is 0 Å². The number of hydrogen-bond acceptors (Lipinski definition) is 3. The van der Waals surface area contributed by atoms with Crippen molar-refractivity contribution >= 4 is 6.01 Å². The van der Waals surface area contributed by atoms with E-state index in [-0.39, 0.29) is 6.10 Å². The SMILES string of the molecule is CCCC(CN=C=N)OCC. The first kappa shape index (κ1) is 10.3. The summed E-state index contributed by atoms with van der Waals surface area (Å²) in [5, 5.41) is 6.59. The zero-order valence-electron chi connectivity index (χ0n) is 7.26. The highest BCUT2D eigenvalue weighted by Crippen LogP contribution is 2.01. The Morgan fingerprint density at radius 2 is 2.27 bits per heavy atom. The summed E-state index contributed by atoms with van der Waals surface area (Å²) in [6, 6.07) is 2.01. The molecule has 1 unspecified atom stereocenters. The molecule has 3 nitrogen and oxygen atoms in total. The second-order valence-electron chi connectivity index (χ2n) is 2.32. The van der Waals surface area contributed by atoms with E-state index < -0.39 is 0 Å². The molecule has 0 aliphatic carbocycles. The predicted molar refractivity (Wildman–Crippen MR) is 45.3 cm³/mol. The minimum absolute atomic E-state index is 0.183. The van der Waals surface area contributed by atoms with E-state index in [2.05, 4.69) is 11.9 Å². The Bertz CT molecular complexity index is 124. The first-order chi connectivity index (χ1) is 5.35. The van der Waals surface area contributed by atoms with E-state index in [1.807, 2.05) is 12.9 Å². The molecule has 0 aliphatic heterocycles. The summed E-state index contributed by atoms with van der Waals surface area (Å²) in [6.07, 6.45) is 2.29. The van der Waals surface area contributed by atoms with Crippen molar-refractivity contribution in [2.45, 2.75) is 32.8 Å². The molecule has 0 fully saturated rings. The monoisotopic (exact) mass is 156 g/mol. The van der Waals surface area contributed by atoms with Gasteiger partial charge in [-0.15, -0.1) is 0 Å². The van der Waals surface area contributed by atoms with Crippen LogP contribution < -0.4 is 0 Å². The molecule has 0 saturated heterocycles. The Morgan fingerprint density at radius 3 is 2.73 bits per heavy atom. The Labute approximate surface area is 68.0 Å². The first-order valence-corrected chi connectivity index (χ1v) is 4.04. The molecular formula is C8H16N2O. The summed E-state index contributed by atoms with van der Waals surface area (Å²) in [5.41, 5.74) is 0. The lowest BCUT2D eigenvalue weighted by Crippen LogP contribution is -2.15. The van der Waals surface area contributed by atoms with Crippen LogP contribution >= 0.6 is 0 Å². The third-order valence-corrected chi connectivity index (χ3v) is 1.39. The fourth-order valence-corrected chi connectivity index (χ4v) is 0.932. The highest BCUT2D eigenvalue weighted by molar-refractivity contribution is 5.35. The summed E-state index contributed by atoms with van der Waals surface area (Å²) in [4.78, 5) is 3.70. The summed E-state index contributed by atoms with van der Waals surface area (Å²) in [6.45, 7) is 5.38. The number of nitrogens with zero attached hydrogens (tertiary/aromatic N) is 1. The average molecular weight is 156 g/mol. The Balaban J connectivity index is 3.58. The third kappa shape index (κ3) is 5.77. The lowest BCUT2D eigenvalue weighted by molar-refractivity contribution is 0.0630. The zero-order chi connectivity index (χ0) is 8.53. The van der Waals surface area contributed by atoms with Gasteiger partial charge in [-0.1, -0.05) is 13.3 Å². The maximum atomic E-state index is 6.59. The lowest BCUT2D eigenvalue weighted by Gasteiger charge is -2.11. The van der Waals surface area contributed by atoms with E-state index in [1.165, 1.54) is 0 Å². The van der Waals surface area contributed by atoms with E-state index in [0.29, 0.717) is 6.54 Å². The van der Waals surface area contributed by atoms with Crippen LogP contribution in [0.3, 0.4) is 0 Å². The molecule has 0 radical (unpaired) electrons. The van der Waals surface area contributed by atoms with Crippen LogP contribution in [0.2, 0.25) is 0 Å². The van der Waals surface area contributed by atoms with Crippen molar-refractivity contribution in [1.29, 1.82) is 5.41 Å². The standard InChI is InChI=1S/C8H16N2O/c1-3-5-8(11-4-2)6-10-7-9/h8-9H,3-6H2,1-2H3. The molecule has 0 amide bonds. The summed E-state index contributed by atoms with van der Waals surface area (Å²) < 4.78 is 5.37. The van der Waals surface area contributed by atoms with Crippen molar-refractivity contribution in [3.05, 3.63) is 0 Å². The molecule has 0 saturated carbocycles. The van der Waals surface area contributed by atoms with Crippen LogP contribution in [0.15, 0.2) is 4.99 Å². The average Bonchev–Trinajstić information content (AvgIpc) is 2.01. The number of aliphatic imine (C=N–C) groups is 1. The minimum Gasteiger partial charge on any atom is -0.377 e. The van der Waals surface area contributed by atoms with Crippen molar-refractivity contribution < 1.29 is 4.74 Å². The molecule has 0 spiro atoms. The number of hydrogen-bond donors (Lipinski definition) is 1. The fraction of sp³-hybridized carbons (Fsp3) is 0.875. The van der Waals surface area contributed by atoms with Crippen molar-refractivity contribution in [1.82, 2.24) is 0 Å². The number of ether oxygens (including phenoxy) is 1. The van der Waals surface area contributed by atoms with Gasteiger partial charge in [-0.2, -0.15) is 0 Å². The first-order valence-electron chi connectivity index (χ1n) is 4.04. The van der Waals surface area contributed by atoms with Crippen molar-refractivity contribution in [3.63, 3.8) is 0 Å². The number of nitrogens with one attached hydrogen (secondary N) is 1. The van der Waals surface area contributed by atoms with Gasteiger partial charge in [0.25, 0.3) is 0 Å². The van der Waals surface area contributed by atoms with Crippen LogP contribution in [-0.2, 0) is 4.74 Å². The Morgan fingerprint density at radius 1 is 1.55 bits per heavy atom. The van der Waals surface area contributed by atoms with Gasteiger partial charge in [0.05, 0.1) is 18.7 Å². The molecule has 0 bridgehead atoms. The highest BCUT2D eigenvalue weighted by Gasteiger charge is 2.04. The molecule has 0 heterocycles. The second kappa shape index (κ2) is 7.45. The molecule has 1 N–H and O–H groups in total. The van der Waals surface area contributed by atoms with Crippen LogP contribution in [0.5, 0.6) is 0 Å². The van der Waals surface area contributed by atoms with Crippen LogP contribution in [0.25, 0.3) is 0 Å². The van der Waals surface area contributed by atoms with Crippen LogP contribution in [0.4, 0.5) is 0 Å². The van der Waals surface area contributed by atoms with Gasteiger partial charge in [-0.25, -0.2) is 10.4 Å². The minimum atomic E-state index is 0.183. The predicted octanol–water partition coefficient (Wildman–Crippen LogP) is 1.94. The summed E-state index contributed by atoms with van der Waals surface area (Å²) in [5.74, 6) is 0. The van der Waals surface area contributed by atoms with Crippen LogP contribution in [0, 0.1) is 5.41 Å². The van der Waals surface area contributed by atoms with E-state index in [0.717, 1.165) is 19.4 Å². The van der Waals surface area contributed by atoms with E-state index in [1.54, 1.807) is 0 Å². The van der Waals surface area contributed by atoms with Gasteiger partial charge in [0, 0.05) is 6.61 Å². The smallest absolute Gasteiger partial charge is 0.0862 e. The normalized spacial score (nSPS) is 12.2. The van der Waals surface area contributed by atoms with Crippen molar-refractivity contribution in [2.75, 3.05) is 13.2 Å². The lowest BCUT2D eigenvalue weighted by atomic mass is 10.2. The molecule has 0 aromatic rings. The van der Waals surface area contributed by atoms with Gasteiger partial charge in [-0.3, -0.25) is 0 Å². The van der Waals surface area contributed by atoms with Gasteiger partial charge in [0.2, 0.25) is 0 Å². The molecule has 1 atom stereocenters. The maximum absolute atomic E-state index is 6.59. The molecular weight excluding hydrogens is 140 g/mol. The zero-order valence-corrected chi connectivity index (χ0v) is 7.26. The highest BCUT2D eigenvalue weighted by atomic mass is 16.5. The second-order valence-corrected chi connectivity index (χ2v) is 2.32. The Kier molecular flexibility index (Phi) is 7.00. The quantitative estimate of drug-likeness (QED) is 0.587. The van der Waals surface area contributed by atoms with Crippen LogP contribution in [-0.4, -0.2) is 25.3 Å². The third-order valence-electron chi connectivity index (χ3n) is 1.39. The van der Waals surface area contributed by atoms with Gasteiger partial charge >= 0.3 is 0 Å².